The topological polar surface area (TPSA) is 96.0 Å². The van der Waals surface area contributed by atoms with Crippen molar-refractivity contribution < 1.29 is 27.1 Å². The molecule has 0 spiro atoms. The number of carbonyl (C=O) groups excluding carboxylic acids is 2. The number of carbonyl (C=O) groups is 2. The van der Waals surface area contributed by atoms with Gasteiger partial charge in [0.05, 0.1) is 17.7 Å². The highest BCUT2D eigenvalue weighted by Crippen LogP contribution is 2.26. The number of methoxy groups -OCH3 is 1. The molecule has 0 saturated heterocycles. The van der Waals surface area contributed by atoms with E-state index in [1.807, 2.05) is 60.7 Å². The van der Waals surface area contributed by atoms with Gasteiger partial charge in [-0.3, -0.25) is 13.9 Å². The largest absolute Gasteiger partial charge is 0.497 e. The first-order valence-corrected chi connectivity index (χ1v) is 14.7. The molecule has 0 fully saturated rings. The van der Waals surface area contributed by atoms with Gasteiger partial charge in [0, 0.05) is 20.0 Å². The van der Waals surface area contributed by atoms with Crippen LogP contribution in [-0.2, 0) is 32.6 Å². The summed E-state index contributed by atoms with van der Waals surface area (Å²) in [7, 11) is -1.34. The van der Waals surface area contributed by atoms with Crippen LogP contribution >= 0.6 is 0 Å². The lowest BCUT2D eigenvalue weighted by Gasteiger charge is -2.33. The van der Waals surface area contributed by atoms with E-state index >= 15 is 0 Å². The van der Waals surface area contributed by atoms with E-state index in [9.17, 15) is 22.4 Å². The lowest BCUT2D eigenvalue weighted by Crippen LogP contribution is -2.53. The zero-order chi connectivity index (χ0) is 30.1. The highest BCUT2D eigenvalue weighted by atomic mass is 32.2. The second-order valence-electron chi connectivity index (χ2n) is 9.49. The van der Waals surface area contributed by atoms with Gasteiger partial charge in [-0.05, 0) is 59.7 Å². The minimum Gasteiger partial charge on any atom is -0.497 e. The zero-order valence-corrected chi connectivity index (χ0v) is 24.1. The van der Waals surface area contributed by atoms with Crippen molar-refractivity contribution in [3.63, 3.8) is 0 Å². The summed E-state index contributed by atoms with van der Waals surface area (Å²) in [4.78, 5) is 28.7. The predicted molar refractivity (Wildman–Crippen MR) is 159 cm³/mol. The summed E-state index contributed by atoms with van der Waals surface area (Å²) < 4.78 is 47.8. The smallest absolute Gasteiger partial charge is 0.264 e. The van der Waals surface area contributed by atoms with Crippen LogP contribution in [0.25, 0.3) is 0 Å². The molecule has 0 unspecified atom stereocenters. The first-order chi connectivity index (χ1) is 20.2. The number of nitrogens with one attached hydrogen (secondary N) is 1. The van der Waals surface area contributed by atoms with E-state index in [0.717, 1.165) is 27.6 Å². The van der Waals surface area contributed by atoms with Crippen molar-refractivity contribution in [3.05, 3.63) is 126 Å². The van der Waals surface area contributed by atoms with Crippen molar-refractivity contribution in [1.29, 1.82) is 0 Å². The fourth-order valence-corrected chi connectivity index (χ4v) is 5.93. The number of likely N-dealkylation sites (N-methyl/N-ethyl adjacent to an activating group) is 1. The van der Waals surface area contributed by atoms with Gasteiger partial charge in [0.25, 0.3) is 10.0 Å². The number of nitrogens with zero attached hydrogens (tertiary/aromatic N) is 2. The Morgan fingerprint density at radius 2 is 1.40 bits per heavy atom. The van der Waals surface area contributed by atoms with Gasteiger partial charge in [-0.2, -0.15) is 0 Å². The zero-order valence-electron chi connectivity index (χ0n) is 23.3. The lowest BCUT2D eigenvalue weighted by molar-refractivity contribution is -0.139. The highest BCUT2D eigenvalue weighted by Gasteiger charge is 2.34. The molecule has 1 atom stereocenters. The molecule has 8 nitrogen and oxygen atoms in total. The molecule has 0 bridgehead atoms. The van der Waals surface area contributed by atoms with E-state index in [-0.39, 0.29) is 23.5 Å². The van der Waals surface area contributed by atoms with Gasteiger partial charge >= 0.3 is 0 Å². The molecular formula is C32H32FN3O5S. The summed E-state index contributed by atoms with van der Waals surface area (Å²) >= 11 is 0. The van der Waals surface area contributed by atoms with Crippen LogP contribution in [0.5, 0.6) is 5.75 Å². The maximum absolute atomic E-state index is 14.2. The first kappa shape index (κ1) is 30.3. The number of anilines is 1. The van der Waals surface area contributed by atoms with E-state index in [1.165, 1.54) is 55.5 Å². The molecule has 0 aliphatic heterocycles. The second-order valence-corrected chi connectivity index (χ2v) is 11.4. The molecule has 4 rings (SSSR count). The third-order valence-corrected chi connectivity index (χ3v) is 8.54. The maximum atomic E-state index is 14.2. The Balaban J connectivity index is 1.76. The molecule has 0 aromatic heterocycles. The fraction of sp³-hybridized carbons (Fsp3) is 0.188. The number of benzene rings is 4. The predicted octanol–water partition coefficient (Wildman–Crippen LogP) is 4.42. The third kappa shape index (κ3) is 7.32. The van der Waals surface area contributed by atoms with Gasteiger partial charge in [0.1, 0.15) is 24.2 Å². The van der Waals surface area contributed by atoms with E-state index < -0.39 is 40.2 Å². The molecular weight excluding hydrogens is 557 g/mol. The molecule has 10 heteroatoms. The molecule has 1 N–H and O–H groups in total. The van der Waals surface area contributed by atoms with Gasteiger partial charge in [0.15, 0.2) is 0 Å². The van der Waals surface area contributed by atoms with Gasteiger partial charge in [0.2, 0.25) is 11.8 Å². The summed E-state index contributed by atoms with van der Waals surface area (Å²) in [6.07, 6.45) is 0.209. The number of ether oxygens (including phenoxy) is 1. The van der Waals surface area contributed by atoms with E-state index in [0.29, 0.717) is 5.75 Å². The molecule has 218 valence electrons. The maximum Gasteiger partial charge on any atom is 0.264 e. The Morgan fingerprint density at radius 1 is 0.833 bits per heavy atom. The quantitative estimate of drug-likeness (QED) is 0.264. The minimum absolute atomic E-state index is 0.0600. The number of amides is 2. The molecule has 42 heavy (non-hydrogen) atoms. The van der Waals surface area contributed by atoms with Gasteiger partial charge in [-0.1, -0.05) is 60.7 Å². The highest BCUT2D eigenvalue weighted by molar-refractivity contribution is 7.92. The van der Waals surface area contributed by atoms with E-state index in [4.69, 9.17) is 4.74 Å². The van der Waals surface area contributed by atoms with Crippen LogP contribution in [0.4, 0.5) is 10.1 Å². The van der Waals surface area contributed by atoms with Crippen LogP contribution in [0.3, 0.4) is 0 Å². The average Bonchev–Trinajstić information content (AvgIpc) is 3.02. The van der Waals surface area contributed by atoms with Crippen molar-refractivity contribution in [2.45, 2.75) is 23.9 Å². The SMILES string of the molecule is CNC(=O)[C@H](Cc1ccccc1)N(Cc1ccccc1)C(=O)CN(c1ccc(F)cc1)S(=O)(=O)c1ccc(OC)cc1. The summed E-state index contributed by atoms with van der Waals surface area (Å²) in [5, 5.41) is 2.65. The summed E-state index contributed by atoms with van der Waals surface area (Å²) in [5.41, 5.74) is 1.69. The summed E-state index contributed by atoms with van der Waals surface area (Å²) in [6, 6.07) is 28.1. The molecule has 0 saturated carbocycles. The molecule has 0 aliphatic rings. The Bertz CT molecular complexity index is 1580. The van der Waals surface area contributed by atoms with Crippen molar-refractivity contribution in [3.8, 4) is 5.75 Å². The first-order valence-electron chi connectivity index (χ1n) is 13.2. The minimum atomic E-state index is -4.30. The van der Waals surface area contributed by atoms with Gasteiger partial charge in [-0.15, -0.1) is 0 Å². The van der Waals surface area contributed by atoms with Crippen LogP contribution in [-0.4, -0.2) is 51.9 Å². The van der Waals surface area contributed by atoms with Crippen molar-refractivity contribution in [2.24, 2.45) is 0 Å². The number of sulfonamides is 1. The molecule has 0 heterocycles. The Labute approximate surface area is 245 Å². The Kier molecular flexibility index (Phi) is 9.93. The number of halogens is 1. The van der Waals surface area contributed by atoms with Crippen LogP contribution in [0.15, 0.2) is 114 Å². The molecule has 4 aromatic rings. The average molecular weight is 590 g/mol. The monoisotopic (exact) mass is 589 g/mol. The van der Waals surface area contributed by atoms with Crippen molar-refractivity contribution in [1.82, 2.24) is 10.2 Å². The molecule has 4 aromatic carbocycles. The normalized spacial score (nSPS) is 11.8. The molecule has 2 amide bonds. The Morgan fingerprint density at radius 3 is 1.95 bits per heavy atom. The summed E-state index contributed by atoms with van der Waals surface area (Å²) in [5.74, 6) is -1.10. The van der Waals surface area contributed by atoms with Crippen LogP contribution < -0.4 is 14.4 Å². The van der Waals surface area contributed by atoms with Crippen LogP contribution in [0.2, 0.25) is 0 Å². The fourth-order valence-electron chi connectivity index (χ4n) is 4.51. The number of hydrogen-bond donors (Lipinski definition) is 1. The Hall–Kier alpha value is -4.70. The third-order valence-electron chi connectivity index (χ3n) is 6.75. The molecule has 0 radical (unpaired) electrons. The van der Waals surface area contributed by atoms with E-state index in [1.54, 1.807) is 0 Å². The molecule has 0 aliphatic carbocycles. The van der Waals surface area contributed by atoms with Crippen LogP contribution in [0.1, 0.15) is 11.1 Å². The number of hydrogen-bond acceptors (Lipinski definition) is 5. The van der Waals surface area contributed by atoms with E-state index in [2.05, 4.69) is 5.32 Å². The van der Waals surface area contributed by atoms with Gasteiger partial charge in [-0.25, -0.2) is 12.8 Å². The van der Waals surface area contributed by atoms with Crippen LogP contribution in [0, 0.1) is 5.82 Å². The second kappa shape index (κ2) is 13.8. The van der Waals surface area contributed by atoms with Gasteiger partial charge < -0.3 is 15.0 Å². The standard InChI is InChI=1S/C32H32FN3O5S/c1-34-32(38)30(21-24-9-5-3-6-10-24)35(22-25-11-7-4-8-12-25)31(37)23-36(27-15-13-26(33)14-16-27)42(39,40)29-19-17-28(41-2)18-20-29/h3-20,30H,21-23H2,1-2H3,(H,34,38)/t30-/m0/s1. The summed E-state index contributed by atoms with van der Waals surface area (Å²) in [6.45, 7) is -0.570. The van der Waals surface area contributed by atoms with Crippen molar-refractivity contribution in [2.75, 3.05) is 25.0 Å². The lowest BCUT2D eigenvalue weighted by atomic mass is 10.0. The van der Waals surface area contributed by atoms with Crippen molar-refractivity contribution >= 4 is 27.5 Å². The number of rotatable bonds is 12.